The Morgan fingerprint density at radius 2 is 0.513 bits per heavy atom. The minimum absolute atomic E-state index is 0. The van der Waals surface area contributed by atoms with Gasteiger partial charge in [-0.3, -0.25) is 28.8 Å². The van der Waals surface area contributed by atoms with E-state index in [9.17, 15) is 28.8 Å². The molecule has 0 aliphatic heterocycles. The van der Waals surface area contributed by atoms with Crippen molar-refractivity contribution in [3.63, 3.8) is 0 Å². The van der Waals surface area contributed by atoms with E-state index in [4.69, 9.17) is 30.6 Å². The molecule has 0 aromatic rings. The zero-order valence-corrected chi connectivity index (χ0v) is 31.6. The molecule has 0 aliphatic carbocycles. The fraction of sp³-hybridized carbons (Fsp3) is 0.400. The van der Waals surface area contributed by atoms with Crippen LogP contribution in [-0.4, -0.2) is 133 Å². The molecule has 0 bridgehead atoms. The van der Waals surface area contributed by atoms with Gasteiger partial charge in [-0.15, -0.1) is 0 Å². The van der Waals surface area contributed by atoms with E-state index in [1.807, 2.05) is 0 Å². The maximum atomic E-state index is 10.2. The second kappa shape index (κ2) is 29.6. The van der Waals surface area contributed by atoms with Crippen LogP contribution in [0.25, 0.3) is 0 Å². The number of nitrogens with zero attached hydrogens (tertiary/aromatic N) is 3. The van der Waals surface area contributed by atoms with Crippen LogP contribution in [0.4, 0.5) is 0 Å². The van der Waals surface area contributed by atoms with Crippen molar-refractivity contribution in [2.75, 3.05) is 39.3 Å². The maximum Gasteiger partial charge on any atom is 1.00 e. The van der Waals surface area contributed by atoms with Crippen LogP contribution in [0.3, 0.4) is 0 Å². The number of carbonyl (C=O) groups is 6. The first-order valence-corrected chi connectivity index (χ1v) is 10.9. The van der Waals surface area contributed by atoms with E-state index in [0.29, 0.717) is 0 Å². The van der Waals surface area contributed by atoms with Crippen molar-refractivity contribution in [2.45, 2.75) is 0 Å². The van der Waals surface area contributed by atoms with Gasteiger partial charge in [0.2, 0.25) is 0 Å². The minimum Gasteiger partial charge on any atom is -0.480 e. The normalized spacial score (nSPS) is 8.31. The molecule has 0 rings (SSSR count). The first-order chi connectivity index (χ1) is 16.3. The zero-order chi connectivity index (χ0) is 29.2. The average Bonchev–Trinajstić information content (AvgIpc) is 2.65. The molecule has 0 aromatic carbocycles. The van der Waals surface area contributed by atoms with Gasteiger partial charge in [-0.1, -0.05) is 13.0 Å². The minimum atomic E-state index is -1.16. The fourth-order valence-corrected chi connectivity index (χ4v) is 2.31. The molecule has 0 unspecified atom stereocenters. The third-order valence-corrected chi connectivity index (χ3v) is 4.28. The molecule has 0 atom stereocenters. The summed E-state index contributed by atoms with van der Waals surface area (Å²) < 4.78 is -0.459. The van der Waals surface area contributed by atoms with E-state index in [1.165, 1.54) is 0 Å². The van der Waals surface area contributed by atoms with E-state index in [0.717, 1.165) is 14.7 Å². The Hall–Kier alpha value is 0.150. The first kappa shape index (κ1) is 51.9. The van der Waals surface area contributed by atoms with Crippen LogP contribution < -0.4 is 88.7 Å². The van der Waals surface area contributed by atoms with Crippen molar-refractivity contribution in [1.29, 1.82) is 0 Å². The van der Waals surface area contributed by atoms with Crippen LogP contribution >= 0.6 is 36.7 Å². The van der Waals surface area contributed by atoms with Crippen LogP contribution in [0.2, 0.25) is 0 Å². The van der Waals surface area contributed by atoms with Gasteiger partial charge in [-0.25, -0.2) is 0 Å². The Morgan fingerprint density at radius 3 is 0.564 bits per heavy atom. The van der Waals surface area contributed by atoms with Gasteiger partial charge in [-0.2, -0.15) is 0 Å². The molecule has 0 aromatic heterocycles. The molecule has 0 aliphatic rings. The standard InChI is InChI=1S/3C5H7NO4S2.3Na/c3*7-3(8)1-6(5(11)12)2-4(9)10;;;/h3*1-2H2,(H,7,8)(H,9,10)(H,11,12);;;/q;;;3*+1/p-3. The number of aliphatic carboxylic acids is 6. The molecule has 0 amide bonds. The number of rotatable bonds is 12. The van der Waals surface area contributed by atoms with Gasteiger partial charge in [0.1, 0.15) is 39.3 Å². The summed E-state index contributed by atoms with van der Waals surface area (Å²) in [6, 6.07) is 0. The van der Waals surface area contributed by atoms with E-state index < -0.39 is 75.1 Å². The summed E-state index contributed by atoms with van der Waals surface area (Å²) in [5.41, 5.74) is 0. The summed E-state index contributed by atoms with van der Waals surface area (Å²) in [6.45, 7) is -2.87. The van der Waals surface area contributed by atoms with Crippen molar-refractivity contribution < 1.29 is 148 Å². The van der Waals surface area contributed by atoms with Gasteiger partial charge < -0.3 is 120 Å². The largest absolute Gasteiger partial charge is 1.00 e. The van der Waals surface area contributed by atoms with Crippen LogP contribution in [-0.2, 0) is 66.7 Å². The second-order valence-electron chi connectivity index (χ2n) is 5.73. The van der Waals surface area contributed by atoms with Gasteiger partial charge in [0.25, 0.3) is 0 Å². The molecule has 0 heterocycles. The molecule has 39 heavy (non-hydrogen) atoms. The molecule has 6 N–H and O–H groups in total. The van der Waals surface area contributed by atoms with E-state index >= 15 is 0 Å². The Kier molecular flexibility index (Phi) is 39.4. The molecule has 204 valence electrons. The number of hydrogen-bond acceptors (Lipinski definition) is 12. The molecule has 0 fully saturated rings. The number of carboxylic acid groups (broad SMARTS) is 6. The Bertz CT molecular complexity index is 729. The predicted molar refractivity (Wildman–Crippen MR) is 140 cm³/mol. The average molecular weight is 694 g/mol. The number of hydrogen-bond donors (Lipinski definition) is 6. The predicted octanol–water partition coefficient (Wildman–Crippen LogP) is -11.1. The summed E-state index contributed by atoms with van der Waals surface area (Å²) in [5.74, 6) is -6.98. The monoisotopic (exact) mass is 693 g/mol. The van der Waals surface area contributed by atoms with Crippen LogP contribution in [0.15, 0.2) is 0 Å². The fourth-order valence-electron chi connectivity index (χ4n) is 1.53. The van der Waals surface area contributed by atoms with Gasteiger partial charge in [-0.05, 0) is 0 Å². The van der Waals surface area contributed by atoms with E-state index in [2.05, 4.69) is 74.5 Å². The number of thiocarbonyl (C=S) groups is 3. The van der Waals surface area contributed by atoms with Crippen molar-refractivity contribution in [1.82, 2.24) is 14.7 Å². The van der Waals surface area contributed by atoms with Crippen molar-refractivity contribution in [3.05, 3.63) is 0 Å². The molecule has 0 radical (unpaired) electrons. The van der Waals surface area contributed by atoms with Crippen LogP contribution in [0.5, 0.6) is 0 Å². The Morgan fingerprint density at radius 1 is 0.410 bits per heavy atom. The van der Waals surface area contributed by atoms with Crippen molar-refractivity contribution in [2.24, 2.45) is 0 Å². The summed E-state index contributed by atoms with van der Waals surface area (Å²) >= 11 is 26.8. The van der Waals surface area contributed by atoms with E-state index in [-0.39, 0.29) is 102 Å². The number of carboxylic acids is 6. The van der Waals surface area contributed by atoms with Gasteiger partial charge >= 0.3 is 124 Å². The van der Waals surface area contributed by atoms with Crippen LogP contribution in [0, 0.1) is 0 Å². The summed E-state index contributed by atoms with van der Waals surface area (Å²) in [7, 11) is 0. The summed E-state index contributed by atoms with van der Waals surface area (Å²) in [6.07, 6.45) is 0. The van der Waals surface area contributed by atoms with Gasteiger partial charge in [0.15, 0.2) is 0 Å². The third kappa shape index (κ3) is 38.1. The Balaban J connectivity index is -0.000000101. The molecular formula is C15H18N3Na3O12S6. The zero-order valence-electron chi connectivity index (χ0n) is 20.7. The quantitative estimate of drug-likeness (QED) is 0.0633. The Labute approximate surface area is 321 Å². The smallest absolute Gasteiger partial charge is 0.480 e. The summed E-state index contributed by atoms with van der Waals surface area (Å²) in [5, 5.41) is 49.8. The van der Waals surface area contributed by atoms with E-state index in [1.54, 1.807) is 0 Å². The topological polar surface area (TPSA) is 234 Å². The van der Waals surface area contributed by atoms with Crippen LogP contribution in [0.1, 0.15) is 0 Å². The molecule has 0 saturated heterocycles. The van der Waals surface area contributed by atoms with Gasteiger partial charge in [0.05, 0.1) is 0 Å². The molecule has 15 nitrogen and oxygen atoms in total. The first-order valence-electron chi connectivity index (χ1n) is 8.48. The molecule has 0 saturated carbocycles. The molecule has 24 heteroatoms. The van der Waals surface area contributed by atoms with Crippen molar-refractivity contribution in [3.8, 4) is 0 Å². The molecular weight excluding hydrogens is 676 g/mol. The third-order valence-electron chi connectivity index (χ3n) is 2.73. The van der Waals surface area contributed by atoms with Crippen molar-refractivity contribution >= 4 is 123 Å². The SMILES string of the molecule is O=C(O)CN(CC(=O)O)C(=S)[S-].O=C(O)CN(CC(=O)O)C(=S)[S-].O=C(O)CN(CC(=O)O)C(=S)[S-].[Na+].[Na+].[Na+]. The summed E-state index contributed by atoms with van der Waals surface area (Å²) in [4.78, 5) is 63.7. The maximum absolute atomic E-state index is 10.2. The molecule has 0 spiro atoms. The second-order valence-corrected chi connectivity index (χ2v) is 8.82. The van der Waals surface area contributed by atoms with Gasteiger partial charge in [0, 0.05) is 0 Å².